The summed E-state index contributed by atoms with van der Waals surface area (Å²) in [5, 5.41) is 2.30. The second-order valence-electron chi connectivity index (χ2n) is 13.7. The highest BCUT2D eigenvalue weighted by atomic mass is 16.3. The van der Waals surface area contributed by atoms with Crippen LogP contribution in [0, 0.1) is 0 Å². The highest BCUT2D eigenvalue weighted by molar-refractivity contribution is 6.09. The molecule has 47 heavy (non-hydrogen) atoms. The summed E-state index contributed by atoms with van der Waals surface area (Å²) < 4.78 is 6.79. The van der Waals surface area contributed by atoms with Gasteiger partial charge < -0.3 is 4.42 Å². The minimum Gasteiger partial charge on any atom is -0.456 e. The van der Waals surface area contributed by atoms with Gasteiger partial charge in [0.2, 0.25) is 0 Å². The smallest absolute Gasteiger partial charge is 0.136 e. The van der Waals surface area contributed by atoms with Crippen LogP contribution in [0.1, 0.15) is 47.2 Å². The van der Waals surface area contributed by atoms with E-state index in [1.807, 2.05) is 0 Å². The van der Waals surface area contributed by atoms with Crippen LogP contribution in [0.25, 0.3) is 55.3 Å². The zero-order valence-electron chi connectivity index (χ0n) is 26.4. The maximum Gasteiger partial charge on any atom is 0.136 e. The van der Waals surface area contributed by atoms with Crippen LogP contribution in [0.5, 0.6) is 0 Å². The molecule has 0 fully saturated rings. The number of furan rings is 1. The van der Waals surface area contributed by atoms with Gasteiger partial charge in [-0.05, 0) is 97.1 Å². The first-order valence-electron chi connectivity index (χ1n) is 16.5. The Hall–Kier alpha value is -5.66. The van der Waals surface area contributed by atoms with Crippen LogP contribution in [-0.2, 0) is 10.8 Å². The van der Waals surface area contributed by atoms with Crippen molar-refractivity contribution in [2.75, 3.05) is 0 Å². The monoisotopic (exact) mass is 600 g/mol. The largest absolute Gasteiger partial charge is 0.456 e. The number of rotatable bonds is 3. The first-order chi connectivity index (χ1) is 23.0. The molecule has 1 nitrogen and oxygen atoms in total. The zero-order chi connectivity index (χ0) is 31.3. The predicted molar refractivity (Wildman–Crippen MR) is 194 cm³/mol. The highest BCUT2D eigenvalue weighted by Crippen LogP contribution is 2.57. The maximum atomic E-state index is 6.79. The molecule has 7 aromatic carbocycles. The average Bonchev–Trinajstić information content (AvgIpc) is 3.71. The van der Waals surface area contributed by atoms with Gasteiger partial charge in [-0.15, -0.1) is 0 Å². The van der Waals surface area contributed by atoms with Crippen molar-refractivity contribution in [2.45, 2.75) is 24.7 Å². The van der Waals surface area contributed by atoms with Crippen LogP contribution in [0.15, 0.2) is 162 Å². The zero-order valence-corrected chi connectivity index (χ0v) is 26.4. The van der Waals surface area contributed by atoms with Crippen molar-refractivity contribution in [1.82, 2.24) is 0 Å². The molecule has 222 valence electrons. The fourth-order valence-electron chi connectivity index (χ4n) is 8.77. The summed E-state index contributed by atoms with van der Waals surface area (Å²) >= 11 is 0. The molecular formula is C46H32O. The van der Waals surface area contributed by atoms with E-state index in [0.29, 0.717) is 0 Å². The Kier molecular flexibility index (Phi) is 5.33. The number of benzene rings is 7. The third-order valence-electron chi connectivity index (χ3n) is 11.0. The van der Waals surface area contributed by atoms with Gasteiger partial charge in [0.1, 0.15) is 11.2 Å². The Morgan fingerprint density at radius 3 is 1.66 bits per heavy atom. The van der Waals surface area contributed by atoms with E-state index in [9.17, 15) is 0 Å². The van der Waals surface area contributed by atoms with E-state index >= 15 is 0 Å². The fourth-order valence-corrected chi connectivity index (χ4v) is 8.77. The van der Waals surface area contributed by atoms with Gasteiger partial charge in [-0.25, -0.2) is 0 Å². The van der Waals surface area contributed by atoms with Crippen molar-refractivity contribution in [3.63, 3.8) is 0 Å². The Bertz CT molecular complexity index is 2490. The summed E-state index contributed by atoms with van der Waals surface area (Å²) in [7, 11) is 0. The standard InChI is InChI=1S/C46H32O/c1-45(2)39-19-11-9-17-33(39)35-23-21-29(25-41(35)45)30-22-24-36-38-27-37-34-18-10-12-20-40(34)46(31-13-5-3-6-14-31,32-15-7-4-8-16-32)42(37)28-44(38)47-43(36)26-30/h3-28H,1-2H3. The molecule has 0 bridgehead atoms. The van der Waals surface area contributed by atoms with Crippen LogP contribution in [0.2, 0.25) is 0 Å². The summed E-state index contributed by atoms with van der Waals surface area (Å²) in [6.45, 7) is 4.68. The molecule has 0 aliphatic heterocycles. The van der Waals surface area contributed by atoms with E-state index in [-0.39, 0.29) is 5.41 Å². The Morgan fingerprint density at radius 2 is 0.936 bits per heavy atom. The van der Waals surface area contributed by atoms with E-state index < -0.39 is 5.41 Å². The summed E-state index contributed by atoms with van der Waals surface area (Å²) in [6, 6.07) is 58.0. The summed E-state index contributed by atoms with van der Waals surface area (Å²) in [5.74, 6) is 0. The summed E-state index contributed by atoms with van der Waals surface area (Å²) in [4.78, 5) is 0. The van der Waals surface area contributed by atoms with Crippen LogP contribution in [-0.4, -0.2) is 0 Å². The first kappa shape index (κ1) is 26.5. The van der Waals surface area contributed by atoms with Gasteiger partial charge in [0, 0.05) is 16.2 Å². The molecule has 10 rings (SSSR count). The molecule has 0 radical (unpaired) electrons. The minimum absolute atomic E-state index is 0.0355. The van der Waals surface area contributed by atoms with E-state index in [1.54, 1.807) is 0 Å². The quantitative estimate of drug-likeness (QED) is 0.197. The molecule has 0 atom stereocenters. The SMILES string of the molecule is CC1(C)c2ccccc2-c2ccc(-c3ccc4c(c3)oc3cc5c(cc34)-c3ccccc3C5(c3ccccc3)c3ccccc3)cc21. The third-order valence-corrected chi connectivity index (χ3v) is 11.0. The first-order valence-corrected chi connectivity index (χ1v) is 16.5. The molecule has 0 amide bonds. The van der Waals surface area contributed by atoms with E-state index in [0.717, 1.165) is 21.9 Å². The number of hydrogen-bond acceptors (Lipinski definition) is 1. The summed E-state index contributed by atoms with van der Waals surface area (Å²) in [6.07, 6.45) is 0. The predicted octanol–water partition coefficient (Wildman–Crippen LogP) is 11.9. The molecule has 2 aliphatic rings. The van der Waals surface area contributed by atoms with Gasteiger partial charge in [-0.1, -0.05) is 141 Å². The Labute approximate surface area is 274 Å². The van der Waals surface area contributed by atoms with Crippen LogP contribution >= 0.6 is 0 Å². The van der Waals surface area contributed by atoms with Gasteiger partial charge in [-0.2, -0.15) is 0 Å². The van der Waals surface area contributed by atoms with Crippen molar-refractivity contribution >= 4 is 21.9 Å². The van der Waals surface area contributed by atoms with Gasteiger partial charge in [0.25, 0.3) is 0 Å². The van der Waals surface area contributed by atoms with Crippen molar-refractivity contribution in [3.05, 3.63) is 191 Å². The molecule has 2 aliphatic carbocycles. The van der Waals surface area contributed by atoms with Crippen molar-refractivity contribution < 1.29 is 4.42 Å². The van der Waals surface area contributed by atoms with E-state index in [1.165, 1.54) is 66.8 Å². The van der Waals surface area contributed by atoms with Crippen LogP contribution in [0.4, 0.5) is 0 Å². The molecule has 1 heteroatoms. The number of hydrogen-bond donors (Lipinski definition) is 0. The molecule has 0 saturated carbocycles. The lowest BCUT2D eigenvalue weighted by Gasteiger charge is -2.33. The van der Waals surface area contributed by atoms with Gasteiger partial charge in [-0.3, -0.25) is 0 Å². The molecule has 0 N–H and O–H groups in total. The van der Waals surface area contributed by atoms with Gasteiger partial charge >= 0.3 is 0 Å². The molecule has 1 heterocycles. The molecular weight excluding hydrogens is 569 g/mol. The normalized spacial score (nSPS) is 14.9. The molecule has 0 saturated heterocycles. The van der Waals surface area contributed by atoms with E-state index in [2.05, 4.69) is 172 Å². The third kappa shape index (κ3) is 3.49. The topological polar surface area (TPSA) is 13.1 Å². The Balaban J connectivity index is 1.17. The maximum absolute atomic E-state index is 6.79. The lowest BCUT2D eigenvalue weighted by atomic mass is 9.67. The second-order valence-corrected chi connectivity index (χ2v) is 13.7. The number of fused-ring (bicyclic) bond motifs is 9. The molecule has 0 spiro atoms. The molecule has 1 aromatic heterocycles. The highest BCUT2D eigenvalue weighted by Gasteiger charge is 2.46. The van der Waals surface area contributed by atoms with Gasteiger partial charge in [0.15, 0.2) is 0 Å². The van der Waals surface area contributed by atoms with Crippen molar-refractivity contribution in [1.29, 1.82) is 0 Å². The Morgan fingerprint density at radius 1 is 0.383 bits per heavy atom. The second kappa shape index (κ2) is 9.44. The lowest BCUT2D eigenvalue weighted by Crippen LogP contribution is -2.28. The molecule has 8 aromatic rings. The average molecular weight is 601 g/mol. The lowest BCUT2D eigenvalue weighted by molar-refractivity contribution is 0.660. The van der Waals surface area contributed by atoms with Crippen LogP contribution < -0.4 is 0 Å². The fraction of sp³-hybridized carbons (Fsp3) is 0.0870. The van der Waals surface area contributed by atoms with Crippen molar-refractivity contribution in [3.8, 4) is 33.4 Å². The molecule has 0 unspecified atom stereocenters. The van der Waals surface area contributed by atoms with Crippen LogP contribution in [0.3, 0.4) is 0 Å². The van der Waals surface area contributed by atoms with Crippen molar-refractivity contribution in [2.24, 2.45) is 0 Å². The summed E-state index contributed by atoms with van der Waals surface area (Å²) in [5.41, 5.74) is 16.9. The van der Waals surface area contributed by atoms with E-state index in [4.69, 9.17) is 4.42 Å². The van der Waals surface area contributed by atoms with Gasteiger partial charge in [0.05, 0.1) is 5.41 Å². The minimum atomic E-state index is -0.443.